The highest BCUT2D eigenvalue weighted by Crippen LogP contribution is 2.33. The largest absolute Gasteiger partial charge is 0.454 e. The van der Waals surface area contributed by atoms with Gasteiger partial charge in [0.05, 0.1) is 6.54 Å². The number of hydrogen-bond acceptors (Lipinski definition) is 5. The number of rotatable bonds is 9. The lowest BCUT2D eigenvalue weighted by atomic mass is 10.1. The molecule has 0 spiro atoms. The molecule has 35 heavy (non-hydrogen) atoms. The van der Waals surface area contributed by atoms with E-state index in [2.05, 4.69) is 13.0 Å². The number of hydrogen-bond donors (Lipinski definition) is 0. The Bertz CT molecular complexity index is 1210. The van der Waals surface area contributed by atoms with Gasteiger partial charge < -0.3 is 19.3 Å². The summed E-state index contributed by atoms with van der Waals surface area (Å²) < 4.78 is 11.0. The van der Waals surface area contributed by atoms with E-state index in [4.69, 9.17) is 9.47 Å². The first kappa shape index (κ1) is 24.8. The van der Waals surface area contributed by atoms with Gasteiger partial charge >= 0.3 is 0 Å². The molecule has 1 atom stereocenters. The highest BCUT2D eigenvalue weighted by atomic mass is 32.1. The summed E-state index contributed by atoms with van der Waals surface area (Å²) in [5.41, 5.74) is 3.66. The predicted octanol–water partition coefficient (Wildman–Crippen LogP) is 5.56. The Morgan fingerprint density at radius 3 is 2.49 bits per heavy atom. The maximum atomic E-state index is 13.8. The summed E-state index contributed by atoms with van der Waals surface area (Å²) in [6.07, 6.45) is 0.761. The second-order valence-electron chi connectivity index (χ2n) is 8.97. The Hall–Kier alpha value is -3.32. The summed E-state index contributed by atoms with van der Waals surface area (Å²) in [5, 5.41) is 2.04. The zero-order chi connectivity index (χ0) is 24.9. The van der Waals surface area contributed by atoms with E-state index < -0.39 is 0 Å². The fraction of sp³-hybridized carbons (Fsp3) is 0.357. The Morgan fingerprint density at radius 1 is 1.00 bits per heavy atom. The number of ether oxygens (including phenoxy) is 2. The van der Waals surface area contributed by atoms with Crippen LogP contribution in [0.1, 0.15) is 52.2 Å². The highest BCUT2D eigenvalue weighted by molar-refractivity contribution is 7.10. The van der Waals surface area contributed by atoms with Gasteiger partial charge in [-0.15, -0.1) is 11.3 Å². The molecular weight excluding hydrogens is 460 g/mol. The Kier molecular flexibility index (Phi) is 7.76. The molecule has 2 aromatic carbocycles. The van der Waals surface area contributed by atoms with Crippen LogP contribution < -0.4 is 9.47 Å². The highest BCUT2D eigenvalue weighted by Gasteiger charge is 2.27. The molecule has 0 unspecified atom stereocenters. The van der Waals surface area contributed by atoms with Crippen molar-refractivity contribution >= 4 is 23.2 Å². The van der Waals surface area contributed by atoms with Crippen molar-refractivity contribution < 1.29 is 19.1 Å². The van der Waals surface area contributed by atoms with Crippen LogP contribution in [0.5, 0.6) is 11.5 Å². The number of carbonyl (C=O) groups is 2. The minimum atomic E-state index is -0.110. The predicted molar refractivity (Wildman–Crippen MR) is 138 cm³/mol. The van der Waals surface area contributed by atoms with Crippen LogP contribution in [0.25, 0.3) is 0 Å². The summed E-state index contributed by atoms with van der Waals surface area (Å²) in [6, 6.07) is 15.3. The topological polar surface area (TPSA) is 59.1 Å². The standard InChI is InChI=1S/C28H32N2O4S/c1-5-21(4)30(28(32)23-9-7-6-8-19(23)2)17-27(31)29(16-26-20(3)12-13-35-26)15-22-10-11-24-25(14-22)34-18-33-24/h6-14,21H,5,15-18H2,1-4H3/t21-/m0/s1. The summed E-state index contributed by atoms with van der Waals surface area (Å²) in [7, 11) is 0. The first-order valence-corrected chi connectivity index (χ1v) is 12.8. The zero-order valence-corrected chi connectivity index (χ0v) is 21.6. The van der Waals surface area contributed by atoms with Gasteiger partial charge in [0, 0.05) is 23.0 Å². The quantitative estimate of drug-likeness (QED) is 0.392. The minimum Gasteiger partial charge on any atom is -0.454 e. The molecule has 0 saturated carbocycles. The molecule has 0 fully saturated rings. The molecule has 0 radical (unpaired) electrons. The number of fused-ring (bicyclic) bond motifs is 1. The third kappa shape index (κ3) is 5.68. The van der Waals surface area contributed by atoms with Gasteiger partial charge in [-0.2, -0.15) is 0 Å². The number of aryl methyl sites for hydroxylation is 2. The van der Waals surface area contributed by atoms with Gasteiger partial charge in [-0.3, -0.25) is 9.59 Å². The van der Waals surface area contributed by atoms with Gasteiger partial charge in [-0.1, -0.05) is 31.2 Å². The maximum absolute atomic E-state index is 13.8. The van der Waals surface area contributed by atoms with Crippen LogP contribution in [0, 0.1) is 13.8 Å². The molecule has 0 saturated heterocycles. The average Bonchev–Trinajstić information content (AvgIpc) is 3.49. The Morgan fingerprint density at radius 2 is 1.77 bits per heavy atom. The normalized spacial score (nSPS) is 12.9. The van der Waals surface area contributed by atoms with Crippen LogP contribution in [0.15, 0.2) is 53.9 Å². The third-order valence-corrected chi connectivity index (χ3v) is 7.54. The summed E-state index contributed by atoms with van der Waals surface area (Å²) >= 11 is 1.64. The lowest BCUT2D eigenvalue weighted by Gasteiger charge is -2.32. The van der Waals surface area contributed by atoms with Crippen LogP contribution in [0.4, 0.5) is 0 Å². The Balaban J connectivity index is 1.59. The minimum absolute atomic E-state index is 0.0249. The van der Waals surface area contributed by atoms with E-state index in [1.807, 2.05) is 73.5 Å². The van der Waals surface area contributed by atoms with Gasteiger partial charge in [0.2, 0.25) is 12.7 Å². The van der Waals surface area contributed by atoms with Crippen LogP contribution in [0.3, 0.4) is 0 Å². The number of nitrogens with zero attached hydrogens (tertiary/aromatic N) is 2. The molecule has 2 amide bonds. The van der Waals surface area contributed by atoms with Crippen LogP contribution in [0.2, 0.25) is 0 Å². The van der Waals surface area contributed by atoms with Gasteiger partial charge in [-0.25, -0.2) is 0 Å². The van der Waals surface area contributed by atoms with Crippen LogP contribution >= 0.6 is 11.3 Å². The van der Waals surface area contributed by atoms with E-state index >= 15 is 0 Å². The zero-order valence-electron chi connectivity index (χ0n) is 20.7. The SMILES string of the molecule is CC[C@H](C)N(CC(=O)N(Cc1ccc2c(c1)OCO2)Cc1sccc1C)C(=O)c1ccccc1C. The van der Waals surface area contributed by atoms with Crippen molar-refractivity contribution in [3.8, 4) is 11.5 Å². The molecule has 6 nitrogen and oxygen atoms in total. The van der Waals surface area contributed by atoms with E-state index in [-0.39, 0.29) is 31.2 Å². The molecule has 0 aliphatic carbocycles. The number of carbonyl (C=O) groups excluding carboxylic acids is 2. The van der Waals surface area contributed by atoms with E-state index in [0.717, 1.165) is 28.0 Å². The van der Waals surface area contributed by atoms with Gasteiger partial charge in [0.15, 0.2) is 11.5 Å². The number of thiophene rings is 1. The second kappa shape index (κ2) is 11.0. The molecule has 2 heterocycles. The molecule has 1 aliphatic heterocycles. The van der Waals surface area contributed by atoms with Crippen molar-refractivity contribution in [2.24, 2.45) is 0 Å². The molecule has 0 bridgehead atoms. The molecular formula is C28H32N2O4S. The number of benzene rings is 2. The van der Waals surface area contributed by atoms with Crippen LogP contribution in [-0.2, 0) is 17.9 Å². The number of amides is 2. The molecule has 1 aliphatic rings. The first-order chi connectivity index (χ1) is 16.9. The van der Waals surface area contributed by atoms with Gasteiger partial charge in [0.1, 0.15) is 6.54 Å². The summed E-state index contributed by atoms with van der Waals surface area (Å²) in [4.78, 5) is 31.9. The summed E-state index contributed by atoms with van der Waals surface area (Å²) in [6.45, 7) is 9.15. The second-order valence-corrected chi connectivity index (χ2v) is 9.97. The lowest BCUT2D eigenvalue weighted by molar-refractivity contribution is -0.133. The van der Waals surface area contributed by atoms with E-state index in [1.54, 1.807) is 16.2 Å². The van der Waals surface area contributed by atoms with Gasteiger partial charge in [0.25, 0.3) is 5.91 Å². The van der Waals surface area contributed by atoms with E-state index in [1.165, 1.54) is 0 Å². The van der Waals surface area contributed by atoms with Crippen molar-refractivity contribution in [2.75, 3.05) is 13.3 Å². The molecule has 4 rings (SSSR count). The molecule has 184 valence electrons. The lowest BCUT2D eigenvalue weighted by Crippen LogP contribution is -2.46. The molecule has 7 heteroatoms. The van der Waals surface area contributed by atoms with Gasteiger partial charge in [-0.05, 0) is 73.5 Å². The van der Waals surface area contributed by atoms with Crippen molar-refractivity contribution in [3.63, 3.8) is 0 Å². The maximum Gasteiger partial charge on any atom is 0.254 e. The Labute approximate surface area is 211 Å². The first-order valence-electron chi connectivity index (χ1n) is 11.9. The average molecular weight is 493 g/mol. The fourth-order valence-corrected chi connectivity index (χ4v) is 5.01. The smallest absolute Gasteiger partial charge is 0.254 e. The molecule has 0 N–H and O–H groups in total. The molecule has 3 aromatic rings. The van der Waals surface area contributed by atoms with Crippen LogP contribution in [-0.4, -0.2) is 41.0 Å². The van der Waals surface area contributed by atoms with E-state index in [9.17, 15) is 9.59 Å². The van der Waals surface area contributed by atoms with Crippen molar-refractivity contribution in [1.82, 2.24) is 9.80 Å². The monoisotopic (exact) mass is 492 g/mol. The van der Waals surface area contributed by atoms with Crippen molar-refractivity contribution in [1.29, 1.82) is 0 Å². The summed E-state index contributed by atoms with van der Waals surface area (Å²) in [5.74, 6) is 1.21. The van der Waals surface area contributed by atoms with Crippen molar-refractivity contribution in [3.05, 3.63) is 81.0 Å². The third-order valence-electron chi connectivity index (χ3n) is 6.53. The van der Waals surface area contributed by atoms with E-state index in [0.29, 0.717) is 30.2 Å². The molecule has 1 aromatic heterocycles. The fourth-order valence-electron chi connectivity index (χ4n) is 4.09. The van der Waals surface area contributed by atoms with Crippen molar-refractivity contribution in [2.45, 2.75) is 53.2 Å².